The van der Waals surface area contributed by atoms with Crippen molar-refractivity contribution < 1.29 is 14.4 Å². The molecule has 1 aromatic rings. The van der Waals surface area contributed by atoms with Gasteiger partial charge in [-0.05, 0) is 24.6 Å². The lowest BCUT2D eigenvalue weighted by Gasteiger charge is -2.14. The minimum atomic E-state index is -0.212. The van der Waals surface area contributed by atoms with Gasteiger partial charge in [-0.1, -0.05) is 30.4 Å². The van der Waals surface area contributed by atoms with Crippen molar-refractivity contribution in [3.8, 4) is 0 Å². The quantitative estimate of drug-likeness (QED) is 0.516. The third kappa shape index (κ3) is 4.15. The third-order valence-electron chi connectivity index (χ3n) is 3.27. The second-order valence-corrected chi connectivity index (χ2v) is 4.94. The number of imide groups is 1. The molecule has 0 aliphatic carbocycles. The van der Waals surface area contributed by atoms with Gasteiger partial charge in [0.25, 0.3) is 0 Å². The number of rotatable bonds is 5. The van der Waals surface area contributed by atoms with E-state index in [1.165, 1.54) is 11.0 Å². The van der Waals surface area contributed by atoms with Gasteiger partial charge in [-0.25, -0.2) is 0 Å². The fraction of sp³-hybridized carbons (Fsp3) is 0.235. The van der Waals surface area contributed by atoms with Crippen LogP contribution in [0.1, 0.15) is 25.3 Å². The van der Waals surface area contributed by atoms with Crippen LogP contribution in [0.2, 0.25) is 0 Å². The van der Waals surface area contributed by atoms with Crippen molar-refractivity contribution in [1.82, 2.24) is 4.90 Å². The molecule has 1 saturated heterocycles. The molecule has 1 aromatic carbocycles. The van der Waals surface area contributed by atoms with E-state index in [2.05, 4.69) is 5.32 Å². The van der Waals surface area contributed by atoms with Crippen LogP contribution >= 0.6 is 0 Å². The van der Waals surface area contributed by atoms with Crippen LogP contribution in [-0.4, -0.2) is 22.6 Å². The van der Waals surface area contributed by atoms with Gasteiger partial charge in [-0.3, -0.25) is 19.3 Å². The highest BCUT2D eigenvalue weighted by atomic mass is 16.2. The monoisotopic (exact) mass is 298 g/mol. The summed E-state index contributed by atoms with van der Waals surface area (Å²) in [4.78, 5) is 36.0. The first kappa shape index (κ1) is 15.7. The molecule has 0 atom stereocenters. The van der Waals surface area contributed by atoms with Crippen LogP contribution in [0, 0.1) is 0 Å². The van der Waals surface area contributed by atoms with E-state index in [9.17, 15) is 14.4 Å². The maximum Gasteiger partial charge on any atom is 0.248 e. The summed E-state index contributed by atoms with van der Waals surface area (Å²) in [5, 5.41) is 2.73. The second kappa shape index (κ2) is 7.36. The summed E-state index contributed by atoms with van der Waals surface area (Å²) < 4.78 is 0. The lowest BCUT2D eigenvalue weighted by atomic mass is 10.2. The first-order valence-electron chi connectivity index (χ1n) is 7.12. The van der Waals surface area contributed by atoms with E-state index in [0.717, 1.165) is 5.56 Å². The second-order valence-electron chi connectivity index (χ2n) is 4.94. The molecule has 0 radical (unpaired) electrons. The molecule has 22 heavy (non-hydrogen) atoms. The number of likely N-dealkylation sites (tertiary alicyclic amines) is 1. The summed E-state index contributed by atoms with van der Waals surface area (Å²) >= 11 is 0. The zero-order chi connectivity index (χ0) is 15.9. The van der Waals surface area contributed by atoms with Crippen LogP contribution in [-0.2, 0) is 20.9 Å². The Bertz CT molecular complexity index is 614. The highest BCUT2D eigenvalue weighted by molar-refractivity contribution is 6.02. The van der Waals surface area contributed by atoms with E-state index in [1.807, 2.05) is 13.0 Å². The van der Waals surface area contributed by atoms with Gasteiger partial charge in [0.1, 0.15) is 0 Å². The van der Waals surface area contributed by atoms with Crippen molar-refractivity contribution in [3.63, 3.8) is 0 Å². The molecular weight excluding hydrogens is 280 g/mol. The highest BCUT2D eigenvalue weighted by Crippen LogP contribution is 2.17. The molecule has 5 nitrogen and oxygen atoms in total. The fourth-order valence-electron chi connectivity index (χ4n) is 2.11. The average molecular weight is 298 g/mol. The van der Waals surface area contributed by atoms with Crippen LogP contribution in [0.3, 0.4) is 0 Å². The molecule has 3 amide bonds. The Morgan fingerprint density at radius 3 is 2.36 bits per heavy atom. The van der Waals surface area contributed by atoms with E-state index in [0.29, 0.717) is 18.5 Å². The first-order chi connectivity index (χ1) is 10.6. The Balaban J connectivity index is 1.94. The van der Waals surface area contributed by atoms with E-state index in [1.54, 1.807) is 36.4 Å². The number of allylic oxidation sites excluding steroid dienone is 3. The largest absolute Gasteiger partial charge is 0.323 e. The summed E-state index contributed by atoms with van der Waals surface area (Å²) in [6.45, 7) is 2.16. The standard InChI is InChI=1S/C17H18N2O3/c1-2-3-4-5-15(20)18-14-8-6-13(7-9-14)12-19-16(21)10-11-17(19)22/h2-9H,10-12H2,1H3,(H,18,20)/b3-2+,5-4+. The van der Waals surface area contributed by atoms with E-state index >= 15 is 0 Å². The van der Waals surface area contributed by atoms with Crippen LogP contribution in [0.25, 0.3) is 0 Å². The molecule has 1 aliphatic heterocycles. The van der Waals surface area contributed by atoms with Gasteiger partial charge in [-0.15, -0.1) is 0 Å². The number of anilines is 1. The first-order valence-corrected chi connectivity index (χ1v) is 7.12. The number of hydrogen-bond donors (Lipinski definition) is 1. The number of carbonyl (C=O) groups is 3. The molecule has 5 heteroatoms. The minimum absolute atomic E-state index is 0.128. The van der Waals surface area contributed by atoms with E-state index < -0.39 is 0 Å². The van der Waals surface area contributed by atoms with E-state index in [-0.39, 0.29) is 24.3 Å². The number of nitrogens with zero attached hydrogens (tertiary/aromatic N) is 1. The lowest BCUT2D eigenvalue weighted by Crippen LogP contribution is -2.28. The molecule has 0 saturated carbocycles. The zero-order valence-electron chi connectivity index (χ0n) is 12.4. The molecule has 1 heterocycles. The lowest BCUT2D eigenvalue weighted by molar-refractivity contribution is -0.139. The Labute approximate surface area is 129 Å². The van der Waals surface area contributed by atoms with Crippen LogP contribution in [0.4, 0.5) is 5.69 Å². The van der Waals surface area contributed by atoms with Gasteiger partial charge in [0.15, 0.2) is 0 Å². The molecule has 114 valence electrons. The van der Waals surface area contributed by atoms with Gasteiger partial charge in [-0.2, -0.15) is 0 Å². The molecule has 1 N–H and O–H groups in total. The predicted molar refractivity (Wildman–Crippen MR) is 83.8 cm³/mol. The Kier molecular flexibility index (Phi) is 5.25. The number of amides is 3. The normalized spacial score (nSPS) is 15.2. The molecule has 0 unspecified atom stereocenters. The van der Waals surface area contributed by atoms with Crippen LogP contribution < -0.4 is 5.32 Å². The molecule has 0 spiro atoms. The van der Waals surface area contributed by atoms with E-state index in [4.69, 9.17) is 0 Å². The molecule has 0 aromatic heterocycles. The van der Waals surface area contributed by atoms with Gasteiger partial charge in [0.05, 0.1) is 6.54 Å². The van der Waals surface area contributed by atoms with Crippen LogP contribution in [0.5, 0.6) is 0 Å². The van der Waals surface area contributed by atoms with Crippen molar-refractivity contribution in [2.45, 2.75) is 26.3 Å². The molecule has 0 bridgehead atoms. The number of hydrogen-bond acceptors (Lipinski definition) is 3. The summed E-state index contributed by atoms with van der Waals surface area (Å²) in [5.74, 6) is -0.469. The Hall–Kier alpha value is -2.69. The zero-order valence-corrected chi connectivity index (χ0v) is 12.4. The predicted octanol–water partition coefficient (Wildman–Crippen LogP) is 2.41. The van der Waals surface area contributed by atoms with Crippen molar-refractivity contribution in [2.75, 3.05) is 5.32 Å². The van der Waals surface area contributed by atoms with Gasteiger partial charge in [0, 0.05) is 24.6 Å². The summed E-state index contributed by atoms with van der Waals surface area (Å²) in [6, 6.07) is 7.10. The minimum Gasteiger partial charge on any atom is -0.323 e. The van der Waals surface area contributed by atoms with Crippen molar-refractivity contribution in [3.05, 3.63) is 54.1 Å². The molecular formula is C17H18N2O3. The molecule has 2 rings (SSSR count). The Morgan fingerprint density at radius 1 is 1.14 bits per heavy atom. The number of benzene rings is 1. The highest BCUT2D eigenvalue weighted by Gasteiger charge is 2.28. The maximum absolute atomic E-state index is 11.6. The van der Waals surface area contributed by atoms with Crippen molar-refractivity contribution in [2.24, 2.45) is 0 Å². The Morgan fingerprint density at radius 2 is 1.77 bits per heavy atom. The molecule has 1 aliphatic rings. The summed E-state index contributed by atoms with van der Waals surface area (Å²) in [6.07, 6.45) is 7.30. The smallest absolute Gasteiger partial charge is 0.248 e. The SMILES string of the molecule is C/C=C/C=C/C(=O)Nc1ccc(CN2C(=O)CCC2=O)cc1. The topological polar surface area (TPSA) is 66.5 Å². The average Bonchev–Trinajstić information content (AvgIpc) is 2.81. The van der Waals surface area contributed by atoms with Gasteiger partial charge in [0.2, 0.25) is 17.7 Å². The molecule has 1 fully saturated rings. The maximum atomic E-state index is 11.6. The fourth-order valence-corrected chi connectivity index (χ4v) is 2.11. The van der Waals surface area contributed by atoms with Gasteiger partial charge < -0.3 is 5.32 Å². The van der Waals surface area contributed by atoms with Gasteiger partial charge >= 0.3 is 0 Å². The number of nitrogens with one attached hydrogen (secondary N) is 1. The van der Waals surface area contributed by atoms with Crippen molar-refractivity contribution in [1.29, 1.82) is 0 Å². The summed E-state index contributed by atoms with van der Waals surface area (Å²) in [5.41, 5.74) is 1.52. The summed E-state index contributed by atoms with van der Waals surface area (Å²) in [7, 11) is 0. The van der Waals surface area contributed by atoms with Crippen molar-refractivity contribution >= 4 is 23.4 Å². The number of carbonyl (C=O) groups excluding carboxylic acids is 3. The van der Waals surface area contributed by atoms with Crippen LogP contribution in [0.15, 0.2) is 48.6 Å². The third-order valence-corrected chi connectivity index (χ3v) is 3.27.